The fourth-order valence-corrected chi connectivity index (χ4v) is 3.20. The van der Waals surface area contributed by atoms with Crippen LogP contribution in [0.3, 0.4) is 0 Å². The minimum atomic E-state index is 0.0982. The van der Waals surface area contributed by atoms with Crippen LogP contribution in [0.1, 0.15) is 30.6 Å². The van der Waals surface area contributed by atoms with Crippen molar-refractivity contribution in [3.05, 3.63) is 47.1 Å². The molecule has 5 heteroatoms. The van der Waals surface area contributed by atoms with Gasteiger partial charge in [-0.15, -0.1) is 11.3 Å². The maximum Gasteiger partial charge on any atom is 0.104 e. The van der Waals surface area contributed by atoms with Crippen molar-refractivity contribution in [2.24, 2.45) is 0 Å². The van der Waals surface area contributed by atoms with Crippen LogP contribution in [-0.4, -0.2) is 22.0 Å². The van der Waals surface area contributed by atoms with Crippen LogP contribution in [0.15, 0.2) is 35.8 Å². The largest absolute Gasteiger partial charge is 0.305 e. The highest BCUT2D eigenvalue weighted by atomic mass is 32.1. The van der Waals surface area contributed by atoms with E-state index in [1.807, 2.05) is 0 Å². The Hall–Kier alpha value is -1.72. The summed E-state index contributed by atoms with van der Waals surface area (Å²) in [6.07, 6.45) is 2.88. The lowest BCUT2D eigenvalue weighted by Crippen LogP contribution is -2.23. The molecule has 0 radical (unpaired) electrons. The van der Waals surface area contributed by atoms with E-state index in [2.05, 4.69) is 57.3 Å². The number of hydrogen-bond donors (Lipinski definition) is 2. The first-order valence-electron chi connectivity index (χ1n) is 6.45. The van der Waals surface area contributed by atoms with Gasteiger partial charge < -0.3 is 5.32 Å². The van der Waals surface area contributed by atoms with Crippen LogP contribution in [0.4, 0.5) is 0 Å². The third kappa shape index (κ3) is 2.39. The molecule has 3 rings (SSSR count). The zero-order valence-corrected chi connectivity index (χ0v) is 11.6. The molecule has 1 unspecified atom stereocenters. The minimum Gasteiger partial charge on any atom is -0.305 e. The van der Waals surface area contributed by atoms with Gasteiger partial charge in [0, 0.05) is 4.70 Å². The van der Waals surface area contributed by atoms with Gasteiger partial charge in [-0.2, -0.15) is 15.4 Å². The summed E-state index contributed by atoms with van der Waals surface area (Å²) < 4.78 is 1.32. The molecular formula is C14H16N4S. The molecule has 0 saturated carbocycles. The summed E-state index contributed by atoms with van der Waals surface area (Å²) in [6, 6.07) is 8.67. The molecule has 0 bridgehead atoms. The quantitative estimate of drug-likeness (QED) is 0.750. The molecule has 2 N–H and O–H groups in total. The highest BCUT2D eigenvalue weighted by molar-refractivity contribution is 7.17. The second kappa shape index (κ2) is 5.50. The summed E-state index contributed by atoms with van der Waals surface area (Å²) >= 11 is 1.77. The van der Waals surface area contributed by atoms with E-state index in [9.17, 15) is 0 Å². The van der Waals surface area contributed by atoms with Crippen LogP contribution < -0.4 is 5.32 Å². The normalized spacial score (nSPS) is 12.9. The van der Waals surface area contributed by atoms with E-state index in [4.69, 9.17) is 0 Å². The van der Waals surface area contributed by atoms with Gasteiger partial charge in [0.2, 0.25) is 0 Å². The average Bonchev–Trinajstić information content (AvgIpc) is 3.10. The van der Waals surface area contributed by atoms with Gasteiger partial charge in [0.1, 0.15) is 5.69 Å². The Morgan fingerprint density at radius 1 is 1.37 bits per heavy atom. The lowest BCUT2D eigenvalue weighted by molar-refractivity contribution is 0.588. The molecule has 0 aliphatic heterocycles. The van der Waals surface area contributed by atoms with Crippen LogP contribution in [0.2, 0.25) is 0 Å². The number of benzene rings is 1. The van der Waals surface area contributed by atoms with E-state index in [-0.39, 0.29) is 6.04 Å². The lowest BCUT2D eigenvalue weighted by atomic mass is 10.0. The number of H-pyrrole nitrogens is 1. The highest BCUT2D eigenvalue weighted by Gasteiger charge is 2.18. The van der Waals surface area contributed by atoms with Gasteiger partial charge in [-0.25, -0.2) is 0 Å². The Labute approximate surface area is 115 Å². The number of thiophene rings is 1. The molecule has 98 valence electrons. The molecule has 0 aliphatic rings. The summed E-state index contributed by atoms with van der Waals surface area (Å²) in [5.41, 5.74) is 2.21. The van der Waals surface area contributed by atoms with Crippen LogP contribution in [0.5, 0.6) is 0 Å². The molecule has 0 amide bonds. The van der Waals surface area contributed by atoms with Gasteiger partial charge >= 0.3 is 0 Å². The second-order valence-electron chi connectivity index (χ2n) is 4.47. The van der Waals surface area contributed by atoms with Gasteiger partial charge in [0.25, 0.3) is 0 Å². The smallest absolute Gasteiger partial charge is 0.104 e. The third-order valence-corrected chi connectivity index (χ3v) is 4.13. The maximum absolute atomic E-state index is 4.24. The Morgan fingerprint density at radius 2 is 2.32 bits per heavy atom. The lowest BCUT2D eigenvalue weighted by Gasteiger charge is -2.17. The van der Waals surface area contributed by atoms with Crippen molar-refractivity contribution in [3.8, 4) is 0 Å². The Morgan fingerprint density at radius 3 is 3.11 bits per heavy atom. The fraction of sp³-hybridized carbons (Fsp3) is 0.286. The van der Waals surface area contributed by atoms with E-state index in [0.717, 1.165) is 18.7 Å². The predicted molar refractivity (Wildman–Crippen MR) is 78.3 cm³/mol. The summed E-state index contributed by atoms with van der Waals surface area (Å²) in [6.45, 7) is 3.12. The first-order valence-corrected chi connectivity index (χ1v) is 7.33. The van der Waals surface area contributed by atoms with E-state index in [1.165, 1.54) is 15.6 Å². The van der Waals surface area contributed by atoms with Gasteiger partial charge in [-0.1, -0.05) is 25.1 Å². The van der Waals surface area contributed by atoms with Crippen molar-refractivity contribution >= 4 is 21.4 Å². The van der Waals surface area contributed by atoms with E-state index >= 15 is 0 Å². The number of hydrogen-bond acceptors (Lipinski definition) is 4. The van der Waals surface area contributed by atoms with Crippen molar-refractivity contribution < 1.29 is 0 Å². The van der Waals surface area contributed by atoms with Gasteiger partial charge in [0.05, 0.1) is 12.2 Å². The topological polar surface area (TPSA) is 53.6 Å². The molecule has 4 nitrogen and oxygen atoms in total. The summed E-state index contributed by atoms with van der Waals surface area (Å²) in [5, 5.41) is 17.8. The van der Waals surface area contributed by atoms with Crippen molar-refractivity contribution in [3.63, 3.8) is 0 Å². The molecule has 1 aromatic carbocycles. The number of aromatic nitrogens is 3. The van der Waals surface area contributed by atoms with E-state index < -0.39 is 0 Å². The van der Waals surface area contributed by atoms with Crippen molar-refractivity contribution in [2.75, 3.05) is 6.54 Å². The molecule has 2 aromatic heterocycles. The predicted octanol–water partition coefficient (Wildman–Crippen LogP) is 3.11. The van der Waals surface area contributed by atoms with Crippen LogP contribution in [0.25, 0.3) is 10.1 Å². The molecule has 0 aliphatic carbocycles. The molecule has 2 heterocycles. The van der Waals surface area contributed by atoms with Crippen molar-refractivity contribution in [1.82, 2.24) is 20.7 Å². The van der Waals surface area contributed by atoms with Gasteiger partial charge in [-0.3, -0.25) is 0 Å². The standard InChI is InChI=1S/C14H16N4S/c1-2-7-15-13(12-9-16-18-17-12)11-5-3-4-10-6-8-19-14(10)11/h3-6,8-9,13,15H,2,7H2,1H3,(H,16,17,18). The highest BCUT2D eigenvalue weighted by Crippen LogP contribution is 2.31. The number of nitrogens with one attached hydrogen (secondary N) is 2. The number of rotatable bonds is 5. The monoisotopic (exact) mass is 272 g/mol. The van der Waals surface area contributed by atoms with Gasteiger partial charge in [0.15, 0.2) is 0 Å². The Bertz CT molecular complexity index is 644. The number of aromatic amines is 1. The second-order valence-corrected chi connectivity index (χ2v) is 5.38. The molecule has 19 heavy (non-hydrogen) atoms. The molecule has 0 fully saturated rings. The zero-order chi connectivity index (χ0) is 13.1. The molecule has 1 atom stereocenters. The van der Waals surface area contributed by atoms with Crippen LogP contribution in [0, 0.1) is 0 Å². The summed E-state index contributed by atoms with van der Waals surface area (Å²) in [4.78, 5) is 0. The first kappa shape index (κ1) is 12.3. The molecule has 0 saturated heterocycles. The van der Waals surface area contributed by atoms with Gasteiger partial charge in [-0.05, 0) is 35.4 Å². The van der Waals surface area contributed by atoms with Crippen molar-refractivity contribution in [2.45, 2.75) is 19.4 Å². The summed E-state index contributed by atoms with van der Waals surface area (Å²) in [5.74, 6) is 0. The van der Waals surface area contributed by atoms with Crippen LogP contribution in [-0.2, 0) is 0 Å². The SMILES string of the molecule is CCCNC(c1cn[nH]n1)c1cccc2ccsc12. The Kier molecular flexibility index (Phi) is 3.57. The first-order chi connectivity index (χ1) is 9.40. The zero-order valence-electron chi connectivity index (χ0n) is 10.8. The third-order valence-electron chi connectivity index (χ3n) is 3.15. The molecule has 0 spiro atoms. The number of fused-ring (bicyclic) bond motifs is 1. The Balaban J connectivity index is 2.06. The van der Waals surface area contributed by atoms with E-state index in [0.29, 0.717) is 0 Å². The summed E-state index contributed by atoms with van der Waals surface area (Å²) in [7, 11) is 0. The molecule has 3 aromatic rings. The van der Waals surface area contributed by atoms with E-state index in [1.54, 1.807) is 17.5 Å². The minimum absolute atomic E-state index is 0.0982. The maximum atomic E-state index is 4.24. The van der Waals surface area contributed by atoms with Crippen LogP contribution >= 0.6 is 11.3 Å². The average molecular weight is 272 g/mol. The number of nitrogens with zero attached hydrogens (tertiary/aromatic N) is 2. The molecular weight excluding hydrogens is 256 g/mol. The fourth-order valence-electron chi connectivity index (χ4n) is 2.26. The van der Waals surface area contributed by atoms with Crippen molar-refractivity contribution in [1.29, 1.82) is 0 Å².